The van der Waals surface area contributed by atoms with Crippen LogP contribution in [0.5, 0.6) is 0 Å². The molecule has 5 nitrogen and oxygen atoms in total. The van der Waals surface area contributed by atoms with E-state index in [2.05, 4.69) is 5.32 Å². The molecular formula is C17H29NO4. The molecule has 2 saturated carbocycles. The number of esters is 1. The summed E-state index contributed by atoms with van der Waals surface area (Å²) in [6, 6.07) is -0.572. The molecule has 0 aromatic rings. The number of hydrogen-bond acceptors (Lipinski definition) is 4. The van der Waals surface area contributed by atoms with E-state index in [-0.39, 0.29) is 24.1 Å². The van der Waals surface area contributed by atoms with E-state index in [0.717, 1.165) is 38.5 Å². The summed E-state index contributed by atoms with van der Waals surface area (Å²) in [6.07, 6.45) is 9.01. The minimum absolute atomic E-state index is 0.0326. The molecule has 2 aliphatic rings. The Balaban J connectivity index is 1.70. The van der Waals surface area contributed by atoms with Gasteiger partial charge < -0.3 is 14.8 Å². The molecule has 1 amide bonds. The van der Waals surface area contributed by atoms with Crippen molar-refractivity contribution in [2.75, 3.05) is 7.11 Å². The lowest BCUT2D eigenvalue weighted by Crippen LogP contribution is -2.42. The third kappa shape index (κ3) is 5.27. The van der Waals surface area contributed by atoms with Crippen molar-refractivity contribution in [1.82, 2.24) is 5.32 Å². The van der Waals surface area contributed by atoms with Crippen LogP contribution < -0.4 is 5.32 Å². The van der Waals surface area contributed by atoms with Gasteiger partial charge in [0.15, 0.2) is 0 Å². The Kier molecular flexibility index (Phi) is 6.68. The Morgan fingerprint density at radius 2 is 1.77 bits per heavy atom. The maximum absolute atomic E-state index is 12.1. The zero-order valence-corrected chi connectivity index (χ0v) is 13.8. The van der Waals surface area contributed by atoms with E-state index < -0.39 is 6.04 Å². The molecule has 0 aliphatic heterocycles. The van der Waals surface area contributed by atoms with Gasteiger partial charge in [0, 0.05) is 20.0 Å². The SMILES string of the molecule is CO[C@@H]1CCC[C@H](OC(=O)[C@H](C)NC(=O)CC2CCCC2)C1. The van der Waals surface area contributed by atoms with Gasteiger partial charge in [0.1, 0.15) is 12.1 Å². The van der Waals surface area contributed by atoms with Crippen LogP contribution in [0.3, 0.4) is 0 Å². The molecule has 5 heteroatoms. The van der Waals surface area contributed by atoms with Crippen LogP contribution >= 0.6 is 0 Å². The Morgan fingerprint density at radius 3 is 2.45 bits per heavy atom. The second kappa shape index (κ2) is 8.51. The zero-order valence-electron chi connectivity index (χ0n) is 13.8. The van der Waals surface area contributed by atoms with Gasteiger partial charge in [-0.2, -0.15) is 0 Å². The molecule has 0 radical (unpaired) electrons. The second-order valence-electron chi connectivity index (χ2n) is 6.73. The predicted molar refractivity (Wildman–Crippen MR) is 83.3 cm³/mol. The summed E-state index contributed by atoms with van der Waals surface area (Å²) in [5.41, 5.74) is 0. The summed E-state index contributed by atoms with van der Waals surface area (Å²) in [7, 11) is 1.70. The fraction of sp³-hybridized carbons (Fsp3) is 0.882. The van der Waals surface area contributed by atoms with E-state index in [1.54, 1.807) is 14.0 Å². The van der Waals surface area contributed by atoms with Gasteiger partial charge in [-0.15, -0.1) is 0 Å². The molecule has 0 bridgehead atoms. The maximum Gasteiger partial charge on any atom is 0.328 e. The normalized spacial score (nSPS) is 27.4. The van der Waals surface area contributed by atoms with E-state index in [0.29, 0.717) is 12.3 Å². The largest absolute Gasteiger partial charge is 0.461 e. The maximum atomic E-state index is 12.1. The fourth-order valence-corrected chi connectivity index (χ4v) is 3.53. The molecule has 22 heavy (non-hydrogen) atoms. The van der Waals surface area contributed by atoms with Crippen LogP contribution in [0.25, 0.3) is 0 Å². The van der Waals surface area contributed by atoms with E-state index in [9.17, 15) is 9.59 Å². The van der Waals surface area contributed by atoms with E-state index in [1.165, 1.54) is 12.8 Å². The lowest BCUT2D eigenvalue weighted by molar-refractivity contribution is -0.156. The monoisotopic (exact) mass is 311 g/mol. The first kappa shape index (κ1) is 17.3. The molecule has 126 valence electrons. The van der Waals surface area contributed by atoms with Crippen molar-refractivity contribution in [2.24, 2.45) is 5.92 Å². The first-order chi connectivity index (χ1) is 10.6. The van der Waals surface area contributed by atoms with Crippen LogP contribution in [0.2, 0.25) is 0 Å². The van der Waals surface area contributed by atoms with Crippen LogP contribution in [0.15, 0.2) is 0 Å². The average molecular weight is 311 g/mol. The smallest absolute Gasteiger partial charge is 0.328 e. The van der Waals surface area contributed by atoms with Crippen molar-refractivity contribution in [3.05, 3.63) is 0 Å². The zero-order chi connectivity index (χ0) is 15.9. The van der Waals surface area contributed by atoms with Gasteiger partial charge in [-0.1, -0.05) is 12.8 Å². The molecule has 3 atom stereocenters. The summed E-state index contributed by atoms with van der Waals surface area (Å²) in [5.74, 6) is 0.125. The van der Waals surface area contributed by atoms with Gasteiger partial charge in [-0.05, 0) is 44.9 Å². The van der Waals surface area contributed by atoms with Crippen molar-refractivity contribution < 1.29 is 19.1 Å². The third-order valence-corrected chi connectivity index (χ3v) is 4.87. The van der Waals surface area contributed by atoms with Crippen LogP contribution in [-0.4, -0.2) is 37.2 Å². The van der Waals surface area contributed by atoms with Gasteiger partial charge in [-0.3, -0.25) is 4.79 Å². The minimum Gasteiger partial charge on any atom is -0.461 e. The standard InChI is InChI=1S/C17H29NO4/c1-12(18-16(19)10-13-6-3-4-7-13)17(20)22-15-9-5-8-14(11-15)21-2/h12-15H,3-11H2,1-2H3,(H,18,19)/t12-,14+,15-/m0/s1. The van der Waals surface area contributed by atoms with Gasteiger partial charge in [0.05, 0.1) is 6.10 Å². The molecule has 2 rings (SSSR count). The molecular weight excluding hydrogens is 282 g/mol. The molecule has 0 unspecified atom stereocenters. The van der Waals surface area contributed by atoms with Crippen molar-refractivity contribution in [3.63, 3.8) is 0 Å². The first-order valence-electron chi connectivity index (χ1n) is 8.61. The van der Waals surface area contributed by atoms with Crippen molar-refractivity contribution in [1.29, 1.82) is 0 Å². The molecule has 0 saturated heterocycles. The number of nitrogens with one attached hydrogen (secondary N) is 1. The number of ether oxygens (including phenoxy) is 2. The van der Waals surface area contributed by atoms with Crippen LogP contribution in [0.1, 0.15) is 64.7 Å². The summed E-state index contributed by atoms with van der Waals surface area (Å²) in [4.78, 5) is 24.1. The number of hydrogen-bond donors (Lipinski definition) is 1. The van der Waals surface area contributed by atoms with Crippen LogP contribution in [-0.2, 0) is 19.1 Å². The molecule has 0 aromatic heterocycles. The number of carbonyl (C=O) groups is 2. The first-order valence-corrected chi connectivity index (χ1v) is 8.61. The van der Waals surface area contributed by atoms with Gasteiger partial charge in [0.2, 0.25) is 5.91 Å². The number of methoxy groups -OCH3 is 1. The quantitative estimate of drug-likeness (QED) is 0.766. The highest BCUT2D eigenvalue weighted by Gasteiger charge is 2.27. The molecule has 0 heterocycles. The van der Waals surface area contributed by atoms with Crippen molar-refractivity contribution in [3.8, 4) is 0 Å². The van der Waals surface area contributed by atoms with E-state index >= 15 is 0 Å². The van der Waals surface area contributed by atoms with Crippen molar-refractivity contribution in [2.45, 2.75) is 83.0 Å². The Morgan fingerprint density at radius 1 is 1.09 bits per heavy atom. The Hall–Kier alpha value is -1.10. The van der Waals surface area contributed by atoms with Gasteiger partial charge in [-0.25, -0.2) is 4.79 Å². The topological polar surface area (TPSA) is 64.6 Å². The Labute approximate surface area is 133 Å². The molecule has 2 aliphatic carbocycles. The highest BCUT2D eigenvalue weighted by Crippen LogP contribution is 2.27. The lowest BCUT2D eigenvalue weighted by Gasteiger charge is -2.28. The fourth-order valence-electron chi connectivity index (χ4n) is 3.53. The highest BCUT2D eigenvalue weighted by atomic mass is 16.5. The molecule has 1 N–H and O–H groups in total. The number of amides is 1. The summed E-state index contributed by atoms with van der Waals surface area (Å²) in [5, 5.41) is 2.78. The van der Waals surface area contributed by atoms with Gasteiger partial charge >= 0.3 is 5.97 Å². The van der Waals surface area contributed by atoms with Crippen LogP contribution in [0, 0.1) is 5.92 Å². The predicted octanol–water partition coefficient (Wildman–Crippen LogP) is 2.57. The molecule has 0 spiro atoms. The average Bonchev–Trinajstić information content (AvgIpc) is 3.00. The second-order valence-corrected chi connectivity index (χ2v) is 6.73. The minimum atomic E-state index is -0.572. The van der Waals surface area contributed by atoms with E-state index in [1.807, 2.05) is 0 Å². The van der Waals surface area contributed by atoms with Gasteiger partial charge in [0.25, 0.3) is 0 Å². The summed E-state index contributed by atoms with van der Waals surface area (Å²) < 4.78 is 10.9. The van der Waals surface area contributed by atoms with E-state index in [4.69, 9.17) is 9.47 Å². The third-order valence-electron chi connectivity index (χ3n) is 4.87. The number of carbonyl (C=O) groups excluding carboxylic acids is 2. The Bertz CT molecular complexity index is 379. The van der Waals surface area contributed by atoms with Crippen LogP contribution in [0.4, 0.5) is 0 Å². The summed E-state index contributed by atoms with van der Waals surface area (Å²) >= 11 is 0. The van der Waals surface area contributed by atoms with Crippen molar-refractivity contribution >= 4 is 11.9 Å². The number of rotatable bonds is 6. The molecule has 0 aromatic carbocycles. The molecule has 2 fully saturated rings. The highest BCUT2D eigenvalue weighted by molar-refractivity contribution is 5.84. The summed E-state index contributed by atoms with van der Waals surface area (Å²) in [6.45, 7) is 1.70. The lowest BCUT2D eigenvalue weighted by atomic mass is 9.95.